The van der Waals surface area contributed by atoms with Gasteiger partial charge in [-0.1, -0.05) is 38.2 Å². The molecule has 0 saturated carbocycles. The molecule has 114 valence electrons. The van der Waals surface area contributed by atoms with E-state index >= 15 is 0 Å². The predicted molar refractivity (Wildman–Crippen MR) is 89.7 cm³/mol. The van der Waals surface area contributed by atoms with Crippen LogP contribution in [0.4, 0.5) is 0 Å². The molecule has 0 aliphatic carbocycles. The van der Waals surface area contributed by atoms with E-state index in [9.17, 15) is 4.79 Å². The Morgan fingerprint density at radius 1 is 1.19 bits per heavy atom. The highest BCUT2D eigenvalue weighted by Crippen LogP contribution is 2.16. The van der Waals surface area contributed by atoms with Crippen molar-refractivity contribution in [2.75, 3.05) is 32.7 Å². The Kier molecular flexibility index (Phi) is 5.31. The zero-order valence-corrected chi connectivity index (χ0v) is 13.5. The lowest BCUT2D eigenvalue weighted by Crippen LogP contribution is -2.50. The van der Waals surface area contributed by atoms with Crippen molar-refractivity contribution in [1.29, 1.82) is 0 Å². The van der Waals surface area contributed by atoms with Crippen molar-refractivity contribution in [1.82, 2.24) is 9.80 Å². The summed E-state index contributed by atoms with van der Waals surface area (Å²) < 4.78 is 0. The van der Waals surface area contributed by atoms with E-state index in [-0.39, 0.29) is 5.91 Å². The molecular formula is C16H23N3OS. The van der Waals surface area contributed by atoms with Crippen LogP contribution in [-0.2, 0) is 0 Å². The van der Waals surface area contributed by atoms with Gasteiger partial charge in [0, 0.05) is 38.3 Å². The third-order valence-corrected chi connectivity index (χ3v) is 3.99. The number of hydrogen-bond donors (Lipinski definition) is 1. The van der Waals surface area contributed by atoms with Gasteiger partial charge < -0.3 is 10.6 Å². The van der Waals surface area contributed by atoms with Crippen LogP contribution in [0.1, 0.15) is 35.7 Å². The summed E-state index contributed by atoms with van der Waals surface area (Å²) in [7, 11) is 0. The van der Waals surface area contributed by atoms with Gasteiger partial charge in [0.05, 0.1) is 4.99 Å². The van der Waals surface area contributed by atoms with E-state index in [1.54, 1.807) is 0 Å². The molecule has 1 aromatic carbocycles. The Labute approximate surface area is 131 Å². The first kappa shape index (κ1) is 15.9. The Hall–Kier alpha value is -1.46. The van der Waals surface area contributed by atoms with Gasteiger partial charge in [0.15, 0.2) is 0 Å². The summed E-state index contributed by atoms with van der Waals surface area (Å²) >= 11 is 4.92. The van der Waals surface area contributed by atoms with Crippen molar-refractivity contribution >= 4 is 23.1 Å². The van der Waals surface area contributed by atoms with E-state index in [0.29, 0.717) is 17.5 Å². The molecule has 2 N–H and O–H groups in total. The number of nitrogens with zero attached hydrogens (tertiary/aromatic N) is 2. The molecule has 0 spiro atoms. The summed E-state index contributed by atoms with van der Waals surface area (Å²) in [6, 6.07) is 7.94. The lowest BCUT2D eigenvalue weighted by atomic mass is 10.0. The summed E-state index contributed by atoms with van der Waals surface area (Å²) in [6.45, 7) is 8.05. The lowest BCUT2D eigenvalue weighted by molar-refractivity contribution is 0.0654. The quantitative estimate of drug-likeness (QED) is 0.863. The molecule has 2 rings (SSSR count). The zero-order chi connectivity index (χ0) is 15.4. The fraction of sp³-hybridized carbons (Fsp3) is 0.500. The van der Waals surface area contributed by atoms with Crippen LogP contribution < -0.4 is 5.73 Å². The van der Waals surface area contributed by atoms with Crippen molar-refractivity contribution in [2.24, 2.45) is 5.73 Å². The van der Waals surface area contributed by atoms with Crippen molar-refractivity contribution in [2.45, 2.75) is 19.8 Å². The van der Waals surface area contributed by atoms with Gasteiger partial charge in [0.1, 0.15) is 0 Å². The minimum absolute atomic E-state index is 0.111. The van der Waals surface area contributed by atoms with Crippen molar-refractivity contribution < 1.29 is 4.79 Å². The molecule has 1 amide bonds. The smallest absolute Gasteiger partial charge is 0.253 e. The van der Waals surface area contributed by atoms with Gasteiger partial charge in [-0.2, -0.15) is 0 Å². The number of thiocarbonyl (C=S) groups is 1. The molecule has 1 aliphatic rings. The minimum Gasteiger partial charge on any atom is -0.392 e. The van der Waals surface area contributed by atoms with Gasteiger partial charge in [-0.15, -0.1) is 0 Å². The number of amides is 1. The van der Waals surface area contributed by atoms with Crippen LogP contribution in [0.15, 0.2) is 24.3 Å². The van der Waals surface area contributed by atoms with Gasteiger partial charge in [-0.3, -0.25) is 9.69 Å². The zero-order valence-electron chi connectivity index (χ0n) is 12.7. The summed E-state index contributed by atoms with van der Waals surface area (Å²) in [5, 5.41) is 0. The first-order valence-electron chi connectivity index (χ1n) is 7.37. The fourth-order valence-corrected chi connectivity index (χ4v) is 2.71. The second-order valence-electron chi connectivity index (χ2n) is 5.81. The SMILES string of the molecule is CC(C)c1ccc(C(=O)N2CCN(CC(N)=S)CC2)cc1. The molecule has 0 aromatic heterocycles. The molecule has 4 nitrogen and oxygen atoms in total. The molecule has 21 heavy (non-hydrogen) atoms. The van der Waals surface area contributed by atoms with Crippen molar-refractivity contribution in [3.8, 4) is 0 Å². The molecule has 0 radical (unpaired) electrons. The van der Waals surface area contributed by atoms with Gasteiger partial charge in [0.25, 0.3) is 5.91 Å². The molecule has 5 heteroatoms. The highest BCUT2D eigenvalue weighted by Gasteiger charge is 2.22. The van der Waals surface area contributed by atoms with Crippen LogP contribution in [0.3, 0.4) is 0 Å². The number of benzene rings is 1. The molecule has 0 atom stereocenters. The molecule has 0 unspecified atom stereocenters. The summed E-state index contributed by atoms with van der Waals surface area (Å²) in [6.07, 6.45) is 0. The summed E-state index contributed by atoms with van der Waals surface area (Å²) in [5.74, 6) is 0.595. The molecular weight excluding hydrogens is 282 g/mol. The summed E-state index contributed by atoms with van der Waals surface area (Å²) in [5.41, 5.74) is 7.58. The summed E-state index contributed by atoms with van der Waals surface area (Å²) in [4.78, 5) is 17.1. The lowest BCUT2D eigenvalue weighted by Gasteiger charge is -2.34. The monoisotopic (exact) mass is 305 g/mol. The van der Waals surface area contributed by atoms with Gasteiger partial charge in [0.2, 0.25) is 0 Å². The number of nitrogens with two attached hydrogens (primary N) is 1. The molecule has 1 aromatic rings. The molecule has 1 saturated heterocycles. The maximum Gasteiger partial charge on any atom is 0.253 e. The Bertz CT molecular complexity index is 505. The maximum atomic E-state index is 12.5. The highest BCUT2D eigenvalue weighted by molar-refractivity contribution is 7.80. The normalized spacial score (nSPS) is 16.2. The van der Waals surface area contributed by atoms with Crippen LogP contribution in [0, 0.1) is 0 Å². The second-order valence-corrected chi connectivity index (χ2v) is 6.34. The number of carbonyl (C=O) groups is 1. The van der Waals surface area contributed by atoms with Crippen LogP contribution in [0.2, 0.25) is 0 Å². The molecule has 1 fully saturated rings. The van der Waals surface area contributed by atoms with Crippen molar-refractivity contribution in [3.63, 3.8) is 0 Å². The fourth-order valence-electron chi connectivity index (χ4n) is 2.52. The Morgan fingerprint density at radius 2 is 1.76 bits per heavy atom. The topological polar surface area (TPSA) is 49.6 Å². The van der Waals surface area contributed by atoms with Crippen LogP contribution >= 0.6 is 12.2 Å². The van der Waals surface area contributed by atoms with Crippen LogP contribution in [0.5, 0.6) is 0 Å². The van der Waals surface area contributed by atoms with E-state index in [1.807, 2.05) is 29.2 Å². The number of hydrogen-bond acceptors (Lipinski definition) is 3. The maximum absolute atomic E-state index is 12.5. The largest absolute Gasteiger partial charge is 0.392 e. The molecule has 1 aliphatic heterocycles. The first-order valence-corrected chi connectivity index (χ1v) is 7.78. The number of carbonyl (C=O) groups excluding carboxylic acids is 1. The van der Waals surface area contributed by atoms with Gasteiger partial charge in [-0.05, 0) is 23.6 Å². The molecule has 1 heterocycles. The second kappa shape index (κ2) is 7.00. The number of piperazine rings is 1. The van der Waals surface area contributed by atoms with Crippen LogP contribution in [-0.4, -0.2) is 53.4 Å². The van der Waals surface area contributed by atoms with Gasteiger partial charge in [-0.25, -0.2) is 0 Å². The third kappa shape index (κ3) is 4.25. The number of rotatable bonds is 4. The average molecular weight is 305 g/mol. The van der Waals surface area contributed by atoms with Gasteiger partial charge >= 0.3 is 0 Å². The van der Waals surface area contributed by atoms with E-state index in [2.05, 4.69) is 18.7 Å². The van der Waals surface area contributed by atoms with E-state index in [1.165, 1.54) is 5.56 Å². The molecule has 0 bridgehead atoms. The standard InChI is InChI=1S/C16H23N3OS/c1-12(2)13-3-5-14(6-4-13)16(20)19-9-7-18(8-10-19)11-15(17)21/h3-6,12H,7-11H2,1-2H3,(H2,17,21). The van der Waals surface area contributed by atoms with E-state index < -0.39 is 0 Å². The van der Waals surface area contributed by atoms with Crippen LogP contribution in [0.25, 0.3) is 0 Å². The predicted octanol–water partition coefficient (Wildman–Crippen LogP) is 1.85. The third-order valence-electron chi connectivity index (χ3n) is 3.86. The van der Waals surface area contributed by atoms with E-state index in [0.717, 1.165) is 31.7 Å². The van der Waals surface area contributed by atoms with Crippen molar-refractivity contribution in [3.05, 3.63) is 35.4 Å². The Morgan fingerprint density at radius 3 is 2.24 bits per heavy atom. The minimum atomic E-state index is 0.111. The first-order chi connectivity index (χ1) is 9.97. The Balaban J connectivity index is 1.94. The average Bonchev–Trinajstić information content (AvgIpc) is 2.47. The highest BCUT2D eigenvalue weighted by atomic mass is 32.1. The van der Waals surface area contributed by atoms with E-state index in [4.69, 9.17) is 18.0 Å².